The monoisotopic (exact) mass is 379 g/mol. The fraction of sp³-hybridized carbons (Fsp3) is 0.533. The van der Waals surface area contributed by atoms with Crippen molar-refractivity contribution in [2.45, 2.75) is 45.7 Å². The normalized spacial score (nSPS) is 10.9. The Balaban J connectivity index is 2.71. The van der Waals surface area contributed by atoms with Crippen LogP contribution in [-0.2, 0) is 11.3 Å². The van der Waals surface area contributed by atoms with Gasteiger partial charge in [-0.25, -0.2) is 0 Å². The molecule has 0 saturated carbocycles. The standard InChI is InChI=1S/C15H20BrCl2NO/c1-11(2)19(15(20)5-3-4-8-16)10-12-6-7-13(17)14(18)9-12/h6-7,9,11H,3-5,8,10H2,1-2H3. The van der Waals surface area contributed by atoms with E-state index in [4.69, 9.17) is 23.2 Å². The average molecular weight is 381 g/mol. The highest BCUT2D eigenvalue weighted by molar-refractivity contribution is 9.09. The van der Waals surface area contributed by atoms with Crippen molar-refractivity contribution in [3.63, 3.8) is 0 Å². The van der Waals surface area contributed by atoms with Crippen molar-refractivity contribution >= 4 is 45.0 Å². The highest BCUT2D eigenvalue weighted by Crippen LogP contribution is 2.24. The molecule has 20 heavy (non-hydrogen) atoms. The number of hydrogen-bond acceptors (Lipinski definition) is 1. The third kappa shape index (κ3) is 5.63. The van der Waals surface area contributed by atoms with Crippen molar-refractivity contribution in [1.82, 2.24) is 4.90 Å². The molecular weight excluding hydrogens is 361 g/mol. The molecule has 2 nitrogen and oxygen atoms in total. The van der Waals surface area contributed by atoms with E-state index in [1.165, 1.54) is 0 Å². The average Bonchev–Trinajstić information content (AvgIpc) is 2.39. The SMILES string of the molecule is CC(C)N(Cc1ccc(Cl)c(Cl)c1)C(=O)CCCCBr. The maximum atomic E-state index is 12.3. The molecule has 0 heterocycles. The van der Waals surface area contributed by atoms with Crippen molar-refractivity contribution in [3.05, 3.63) is 33.8 Å². The molecule has 1 amide bonds. The molecule has 1 aromatic rings. The lowest BCUT2D eigenvalue weighted by Gasteiger charge is -2.27. The van der Waals surface area contributed by atoms with E-state index in [2.05, 4.69) is 15.9 Å². The molecule has 0 unspecified atom stereocenters. The summed E-state index contributed by atoms with van der Waals surface area (Å²) in [7, 11) is 0. The predicted octanol–water partition coefficient (Wildman–Crippen LogP) is 5.30. The Morgan fingerprint density at radius 2 is 1.95 bits per heavy atom. The minimum atomic E-state index is 0.168. The summed E-state index contributed by atoms with van der Waals surface area (Å²) in [5.74, 6) is 0.187. The summed E-state index contributed by atoms with van der Waals surface area (Å²) in [6.07, 6.45) is 2.52. The molecule has 1 aromatic carbocycles. The molecule has 0 N–H and O–H groups in total. The molecule has 0 fully saturated rings. The van der Waals surface area contributed by atoms with Gasteiger partial charge in [-0.3, -0.25) is 4.79 Å². The largest absolute Gasteiger partial charge is 0.336 e. The summed E-state index contributed by atoms with van der Waals surface area (Å²) in [5, 5.41) is 2.00. The van der Waals surface area contributed by atoms with Gasteiger partial charge in [0.15, 0.2) is 0 Å². The topological polar surface area (TPSA) is 20.3 Å². The van der Waals surface area contributed by atoms with Crippen LogP contribution in [-0.4, -0.2) is 22.2 Å². The fourth-order valence-corrected chi connectivity index (χ4v) is 2.62. The zero-order chi connectivity index (χ0) is 15.1. The summed E-state index contributed by atoms with van der Waals surface area (Å²) < 4.78 is 0. The maximum Gasteiger partial charge on any atom is 0.223 e. The zero-order valence-corrected chi connectivity index (χ0v) is 14.9. The molecule has 0 radical (unpaired) electrons. The van der Waals surface area contributed by atoms with E-state index in [1.54, 1.807) is 6.07 Å². The lowest BCUT2D eigenvalue weighted by molar-refractivity contribution is -0.133. The lowest BCUT2D eigenvalue weighted by Crippen LogP contribution is -2.36. The van der Waals surface area contributed by atoms with Crippen LogP contribution in [0.5, 0.6) is 0 Å². The molecule has 0 aromatic heterocycles. The van der Waals surface area contributed by atoms with Gasteiger partial charge in [-0.1, -0.05) is 45.2 Å². The van der Waals surface area contributed by atoms with Crippen LogP contribution in [0.2, 0.25) is 10.0 Å². The summed E-state index contributed by atoms with van der Waals surface area (Å²) >= 11 is 15.3. The van der Waals surface area contributed by atoms with Crippen molar-refractivity contribution in [2.75, 3.05) is 5.33 Å². The third-order valence-corrected chi connectivity index (χ3v) is 4.35. The molecule has 5 heteroatoms. The van der Waals surface area contributed by atoms with Gasteiger partial charge in [0, 0.05) is 24.3 Å². The number of carbonyl (C=O) groups excluding carboxylic acids is 1. The number of amides is 1. The zero-order valence-electron chi connectivity index (χ0n) is 11.8. The molecule has 0 atom stereocenters. The number of carbonyl (C=O) groups is 1. The fourth-order valence-electron chi connectivity index (χ4n) is 1.91. The number of alkyl halides is 1. The second kappa shape index (κ2) is 8.91. The van der Waals surface area contributed by atoms with Crippen LogP contribution in [0.15, 0.2) is 18.2 Å². The first-order valence-corrected chi connectivity index (χ1v) is 8.62. The van der Waals surface area contributed by atoms with Crippen molar-refractivity contribution in [2.24, 2.45) is 0 Å². The molecule has 0 saturated heterocycles. The van der Waals surface area contributed by atoms with E-state index in [9.17, 15) is 4.79 Å². The number of benzene rings is 1. The summed E-state index contributed by atoms with van der Waals surface area (Å²) in [4.78, 5) is 14.2. The Morgan fingerprint density at radius 3 is 2.50 bits per heavy atom. The van der Waals surface area contributed by atoms with Crippen LogP contribution in [0.3, 0.4) is 0 Å². The van der Waals surface area contributed by atoms with Gasteiger partial charge >= 0.3 is 0 Å². The minimum absolute atomic E-state index is 0.168. The van der Waals surface area contributed by atoms with Crippen LogP contribution in [0.25, 0.3) is 0 Å². The van der Waals surface area contributed by atoms with Gasteiger partial charge in [0.25, 0.3) is 0 Å². The molecule has 1 rings (SSSR count). The molecule has 0 aliphatic heterocycles. The van der Waals surface area contributed by atoms with Crippen LogP contribution in [0.1, 0.15) is 38.7 Å². The van der Waals surface area contributed by atoms with Crippen LogP contribution >= 0.6 is 39.1 Å². The first-order chi connectivity index (χ1) is 9.45. The van der Waals surface area contributed by atoms with Gasteiger partial charge in [0.2, 0.25) is 5.91 Å². The van der Waals surface area contributed by atoms with E-state index < -0.39 is 0 Å². The molecule has 0 aliphatic rings. The number of nitrogens with zero attached hydrogens (tertiary/aromatic N) is 1. The summed E-state index contributed by atoms with van der Waals surface area (Å²) in [5.41, 5.74) is 1.00. The van der Waals surface area contributed by atoms with Gasteiger partial charge in [0.05, 0.1) is 10.0 Å². The highest BCUT2D eigenvalue weighted by atomic mass is 79.9. The third-order valence-electron chi connectivity index (χ3n) is 3.05. The Labute approximate surface area is 139 Å². The van der Waals surface area contributed by atoms with E-state index in [0.717, 1.165) is 23.7 Å². The van der Waals surface area contributed by atoms with Crippen LogP contribution < -0.4 is 0 Å². The Kier molecular flexibility index (Phi) is 7.93. The van der Waals surface area contributed by atoms with Crippen LogP contribution in [0.4, 0.5) is 0 Å². The number of hydrogen-bond donors (Lipinski definition) is 0. The smallest absolute Gasteiger partial charge is 0.223 e. The number of unbranched alkanes of at least 4 members (excludes halogenated alkanes) is 1. The Hall–Kier alpha value is -0.250. The van der Waals surface area contributed by atoms with Gasteiger partial charge < -0.3 is 4.90 Å². The van der Waals surface area contributed by atoms with Crippen molar-refractivity contribution < 1.29 is 4.79 Å². The van der Waals surface area contributed by atoms with E-state index in [-0.39, 0.29) is 11.9 Å². The molecule has 0 aliphatic carbocycles. The summed E-state index contributed by atoms with van der Waals surface area (Å²) in [6, 6.07) is 5.67. The van der Waals surface area contributed by atoms with Gasteiger partial charge in [-0.05, 0) is 44.4 Å². The molecule has 0 spiro atoms. The highest BCUT2D eigenvalue weighted by Gasteiger charge is 2.17. The molecule has 112 valence electrons. The predicted molar refractivity (Wildman–Crippen MR) is 89.8 cm³/mol. The van der Waals surface area contributed by atoms with E-state index in [0.29, 0.717) is 23.0 Å². The first-order valence-electron chi connectivity index (χ1n) is 6.75. The summed E-state index contributed by atoms with van der Waals surface area (Å²) in [6.45, 7) is 4.63. The van der Waals surface area contributed by atoms with E-state index in [1.807, 2.05) is 30.9 Å². The minimum Gasteiger partial charge on any atom is -0.336 e. The van der Waals surface area contributed by atoms with E-state index >= 15 is 0 Å². The number of halogens is 3. The molecular formula is C15H20BrCl2NO. The maximum absolute atomic E-state index is 12.3. The van der Waals surface area contributed by atoms with Gasteiger partial charge in [0.1, 0.15) is 0 Å². The quantitative estimate of drug-likeness (QED) is 0.464. The lowest BCUT2D eigenvalue weighted by atomic mass is 10.1. The Morgan fingerprint density at radius 1 is 1.25 bits per heavy atom. The van der Waals surface area contributed by atoms with Gasteiger partial charge in [-0.15, -0.1) is 0 Å². The molecule has 0 bridgehead atoms. The first kappa shape index (κ1) is 17.8. The van der Waals surface area contributed by atoms with Crippen molar-refractivity contribution in [1.29, 1.82) is 0 Å². The van der Waals surface area contributed by atoms with Crippen molar-refractivity contribution in [3.8, 4) is 0 Å². The Bertz CT molecular complexity index is 451. The second-order valence-electron chi connectivity index (χ2n) is 5.01. The van der Waals surface area contributed by atoms with Crippen LogP contribution in [0, 0.1) is 0 Å². The van der Waals surface area contributed by atoms with Gasteiger partial charge in [-0.2, -0.15) is 0 Å². The second-order valence-corrected chi connectivity index (χ2v) is 6.62. The number of rotatable bonds is 7.